The minimum atomic E-state index is -0.351. The van der Waals surface area contributed by atoms with Gasteiger partial charge >= 0.3 is 0 Å². The molecule has 0 bridgehead atoms. The number of fused-ring (bicyclic) bond motifs is 1. The van der Waals surface area contributed by atoms with Crippen LogP contribution >= 0.6 is 0 Å². The van der Waals surface area contributed by atoms with Crippen LogP contribution in [0.5, 0.6) is 0 Å². The van der Waals surface area contributed by atoms with Crippen molar-refractivity contribution < 1.29 is 5.11 Å². The Bertz CT molecular complexity index is 307. The summed E-state index contributed by atoms with van der Waals surface area (Å²) in [6, 6.07) is 0. The van der Waals surface area contributed by atoms with Gasteiger partial charge in [-0.3, -0.25) is 0 Å². The van der Waals surface area contributed by atoms with Crippen molar-refractivity contribution in [3.63, 3.8) is 0 Å². The first-order valence-electron chi connectivity index (χ1n) is 7.13. The normalized spacial score (nSPS) is 59.6. The second-order valence-electron chi connectivity index (χ2n) is 7.36. The number of rotatable bonds is 1. The zero-order valence-electron chi connectivity index (χ0n) is 11.2. The van der Waals surface area contributed by atoms with Crippen LogP contribution in [0.3, 0.4) is 0 Å². The third-order valence-electron chi connectivity index (χ3n) is 6.35. The quantitative estimate of drug-likeness (QED) is 0.720. The van der Waals surface area contributed by atoms with Crippen molar-refractivity contribution in [3.05, 3.63) is 0 Å². The second-order valence-corrected chi connectivity index (χ2v) is 7.36. The lowest BCUT2D eigenvalue weighted by Gasteiger charge is -2.36. The SMILES string of the molecule is CC(C)[C@H]1CC[C@H](C)[C@]23CC[C@@](C)(O)C2C13. The van der Waals surface area contributed by atoms with E-state index in [9.17, 15) is 5.11 Å². The van der Waals surface area contributed by atoms with Gasteiger partial charge < -0.3 is 5.11 Å². The van der Waals surface area contributed by atoms with Crippen molar-refractivity contribution in [2.75, 3.05) is 0 Å². The largest absolute Gasteiger partial charge is 0.390 e. The highest BCUT2D eigenvalue weighted by Gasteiger charge is 2.77. The van der Waals surface area contributed by atoms with Gasteiger partial charge in [0.15, 0.2) is 0 Å². The van der Waals surface area contributed by atoms with E-state index in [2.05, 4.69) is 27.7 Å². The Kier molecular flexibility index (Phi) is 2.11. The van der Waals surface area contributed by atoms with E-state index in [1.54, 1.807) is 0 Å². The molecule has 3 aliphatic carbocycles. The highest BCUT2D eigenvalue weighted by atomic mass is 16.3. The van der Waals surface area contributed by atoms with E-state index < -0.39 is 0 Å². The molecule has 0 aliphatic heterocycles. The summed E-state index contributed by atoms with van der Waals surface area (Å²) in [5.41, 5.74) is 0.201. The molecule has 3 fully saturated rings. The zero-order chi connectivity index (χ0) is 11.7. The summed E-state index contributed by atoms with van der Waals surface area (Å²) < 4.78 is 0. The highest BCUT2D eigenvalue weighted by Crippen LogP contribution is 2.80. The molecule has 3 saturated carbocycles. The molecular formula is C15H26O. The molecular weight excluding hydrogens is 196 g/mol. The van der Waals surface area contributed by atoms with Gasteiger partial charge in [-0.15, -0.1) is 0 Å². The monoisotopic (exact) mass is 222 g/mol. The maximum Gasteiger partial charge on any atom is 0.0656 e. The average molecular weight is 222 g/mol. The van der Waals surface area contributed by atoms with Gasteiger partial charge in [-0.25, -0.2) is 0 Å². The predicted octanol–water partition coefficient (Wildman–Crippen LogP) is 3.47. The molecule has 0 aromatic rings. The van der Waals surface area contributed by atoms with Gasteiger partial charge in [0, 0.05) is 0 Å². The van der Waals surface area contributed by atoms with E-state index in [4.69, 9.17) is 0 Å². The van der Waals surface area contributed by atoms with Gasteiger partial charge in [-0.1, -0.05) is 20.8 Å². The Hall–Kier alpha value is -0.0400. The molecule has 0 aromatic heterocycles. The van der Waals surface area contributed by atoms with Crippen LogP contribution in [-0.2, 0) is 0 Å². The molecule has 3 rings (SSSR count). The lowest BCUT2D eigenvalue weighted by molar-refractivity contribution is 0.0291. The predicted molar refractivity (Wildman–Crippen MR) is 66.0 cm³/mol. The summed E-state index contributed by atoms with van der Waals surface area (Å²) in [4.78, 5) is 0. The molecule has 0 amide bonds. The van der Waals surface area contributed by atoms with E-state index in [1.807, 2.05) is 0 Å². The topological polar surface area (TPSA) is 20.2 Å². The summed E-state index contributed by atoms with van der Waals surface area (Å²) >= 11 is 0. The molecule has 0 saturated heterocycles. The highest BCUT2D eigenvalue weighted by molar-refractivity contribution is 5.26. The minimum Gasteiger partial charge on any atom is -0.390 e. The van der Waals surface area contributed by atoms with E-state index in [0.29, 0.717) is 11.3 Å². The molecule has 1 spiro atoms. The Labute approximate surface area is 99.6 Å². The van der Waals surface area contributed by atoms with Crippen LogP contribution in [0, 0.1) is 35.0 Å². The Morgan fingerprint density at radius 1 is 1.19 bits per heavy atom. The number of aliphatic hydroxyl groups is 1. The maximum absolute atomic E-state index is 10.5. The lowest BCUT2D eigenvalue weighted by atomic mass is 9.69. The van der Waals surface area contributed by atoms with Gasteiger partial charge in [-0.05, 0) is 67.6 Å². The van der Waals surface area contributed by atoms with Crippen LogP contribution in [-0.4, -0.2) is 10.7 Å². The van der Waals surface area contributed by atoms with Crippen molar-refractivity contribution in [1.82, 2.24) is 0 Å². The van der Waals surface area contributed by atoms with E-state index in [1.165, 1.54) is 19.3 Å². The van der Waals surface area contributed by atoms with Crippen LogP contribution in [0.25, 0.3) is 0 Å². The van der Waals surface area contributed by atoms with Crippen LogP contribution in [0.15, 0.2) is 0 Å². The van der Waals surface area contributed by atoms with Gasteiger partial charge in [-0.2, -0.15) is 0 Å². The van der Waals surface area contributed by atoms with Gasteiger partial charge in [0.2, 0.25) is 0 Å². The molecule has 16 heavy (non-hydrogen) atoms. The van der Waals surface area contributed by atoms with Gasteiger partial charge in [0.05, 0.1) is 5.60 Å². The third kappa shape index (κ3) is 1.11. The third-order valence-corrected chi connectivity index (χ3v) is 6.35. The standard InChI is InChI=1S/C15H26O/c1-9(2)11-6-5-10(3)15-8-7-14(4,16)13(15)12(11)15/h9-13,16H,5-8H2,1-4H3/t10-,11+,12?,13?,14+,15-/m0/s1. The Balaban J connectivity index is 1.92. The van der Waals surface area contributed by atoms with Crippen LogP contribution in [0.4, 0.5) is 0 Å². The molecule has 0 heterocycles. The second kappa shape index (κ2) is 3.04. The molecule has 1 nitrogen and oxygen atoms in total. The fourth-order valence-electron chi connectivity index (χ4n) is 5.57. The summed E-state index contributed by atoms with van der Waals surface area (Å²) in [7, 11) is 0. The first kappa shape index (κ1) is 11.1. The van der Waals surface area contributed by atoms with Gasteiger partial charge in [0.1, 0.15) is 0 Å². The number of hydrogen-bond donors (Lipinski definition) is 1. The minimum absolute atomic E-state index is 0.351. The Morgan fingerprint density at radius 3 is 2.50 bits per heavy atom. The van der Waals surface area contributed by atoms with Crippen molar-refractivity contribution in [3.8, 4) is 0 Å². The van der Waals surface area contributed by atoms with Gasteiger partial charge in [0.25, 0.3) is 0 Å². The average Bonchev–Trinajstić information content (AvgIpc) is 2.79. The molecule has 1 N–H and O–H groups in total. The fourth-order valence-corrected chi connectivity index (χ4v) is 5.57. The first-order chi connectivity index (χ1) is 7.41. The number of hydrogen-bond acceptors (Lipinski definition) is 1. The van der Waals surface area contributed by atoms with E-state index in [-0.39, 0.29) is 5.60 Å². The van der Waals surface area contributed by atoms with Crippen molar-refractivity contribution in [2.24, 2.45) is 35.0 Å². The van der Waals surface area contributed by atoms with E-state index in [0.717, 1.165) is 30.1 Å². The molecule has 0 aromatic carbocycles. The molecule has 2 unspecified atom stereocenters. The summed E-state index contributed by atoms with van der Waals surface area (Å²) in [6.45, 7) is 9.27. The molecule has 6 atom stereocenters. The smallest absolute Gasteiger partial charge is 0.0656 e. The van der Waals surface area contributed by atoms with Crippen LogP contribution in [0.1, 0.15) is 53.4 Å². The van der Waals surface area contributed by atoms with Crippen molar-refractivity contribution >= 4 is 0 Å². The first-order valence-corrected chi connectivity index (χ1v) is 7.13. The van der Waals surface area contributed by atoms with Crippen LogP contribution in [0.2, 0.25) is 0 Å². The van der Waals surface area contributed by atoms with Crippen molar-refractivity contribution in [1.29, 1.82) is 0 Å². The fraction of sp³-hybridized carbons (Fsp3) is 1.00. The molecule has 1 heteroatoms. The molecule has 92 valence electrons. The molecule has 3 aliphatic rings. The van der Waals surface area contributed by atoms with E-state index >= 15 is 0 Å². The summed E-state index contributed by atoms with van der Waals surface area (Å²) in [5.74, 6) is 4.01. The molecule has 0 radical (unpaired) electrons. The summed E-state index contributed by atoms with van der Waals surface area (Å²) in [6.07, 6.45) is 5.13. The van der Waals surface area contributed by atoms with Crippen LogP contribution < -0.4 is 0 Å². The summed E-state index contributed by atoms with van der Waals surface area (Å²) in [5, 5.41) is 10.5. The maximum atomic E-state index is 10.5. The van der Waals surface area contributed by atoms with Crippen molar-refractivity contribution in [2.45, 2.75) is 59.0 Å². The lowest BCUT2D eigenvalue weighted by Crippen LogP contribution is -2.30. The zero-order valence-corrected chi connectivity index (χ0v) is 11.2. The Morgan fingerprint density at radius 2 is 1.88 bits per heavy atom.